The zero-order chi connectivity index (χ0) is 20.5. The van der Waals surface area contributed by atoms with E-state index in [-0.39, 0.29) is 27.7 Å². The second-order valence-electron chi connectivity index (χ2n) is 6.19. The minimum absolute atomic E-state index is 0.0742. The van der Waals surface area contributed by atoms with Crippen molar-refractivity contribution >= 4 is 49.7 Å². The number of benzene rings is 2. The van der Waals surface area contributed by atoms with Crippen LogP contribution in [-0.2, 0) is 17.1 Å². The number of aryl methyl sites for hydroxylation is 1. The van der Waals surface area contributed by atoms with Crippen LogP contribution in [0.25, 0.3) is 11.0 Å². The Hall–Kier alpha value is -2.65. The lowest BCUT2D eigenvalue weighted by Gasteiger charge is -2.15. The number of rotatable bonds is 6. The van der Waals surface area contributed by atoms with Crippen molar-refractivity contribution in [2.75, 3.05) is 15.8 Å². The Morgan fingerprint density at radius 1 is 1.25 bits per heavy atom. The molecule has 0 amide bonds. The summed E-state index contributed by atoms with van der Waals surface area (Å²) in [6.45, 7) is 1.74. The molecule has 0 spiro atoms. The van der Waals surface area contributed by atoms with Gasteiger partial charge in [-0.05, 0) is 36.8 Å². The summed E-state index contributed by atoms with van der Waals surface area (Å²) in [6.07, 6.45) is 1.65. The number of hydrogen-bond donors (Lipinski definition) is 2. The average Bonchev–Trinajstić information content (AvgIpc) is 2.64. The normalized spacial score (nSPS) is 11.6. The Morgan fingerprint density at radius 3 is 2.71 bits per heavy atom. The van der Waals surface area contributed by atoms with Gasteiger partial charge in [-0.25, -0.2) is 17.8 Å². The molecule has 3 rings (SSSR count). The molecule has 0 aliphatic carbocycles. The number of nitrogens with zero attached hydrogens (tertiary/aromatic N) is 2. The van der Waals surface area contributed by atoms with Crippen LogP contribution < -0.4 is 15.6 Å². The van der Waals surface area contributed by atoms with Gasteiger partial charge >= 0.3 is 0 Å². The van der Waals surface area contributed by atoms with E-state index in [1.54, 1.807) is 32.2 Å². The molecule has 2 N–H and O–H groups in total. The van der Waals surface area contributed by atoms with Crippen molar-refractivity contribution in [2.45, 2.75) is 13.3 Å². The number of sulfonamides is 1. The van der Waals surface area contributed by atoms with Gasteiger partial charge < -0.3 is 9.88 Å². The summed E-state index contributed by atoms with van der Waals surface area (Å²) in [7, 11) is -1.98. The van der Waals surface area contributed by atoms with Gasteiger partial charge in [-0.1, -0.05) is 18.5 Å². The summed E-state index contributed by atoms with van der Waals surface area (Å²) in [5.74, 6) is -0.724. The van der Waals surface area contributed by atoms with Gasteiger partial charge in [-0.3, -0.25) is 9.52 Å². The van der Waals surface area contributed by atoms with Crippen LogP contribution in [-0.4, -0.2) is 23.7 Å². The Bertz CT molecular complexity index is 1210. The van der Waals surface area contributed by atoms with Crippen molar-refractivity contribution in [1.29, 1.82) is 0 Å². The van der Waals surface area contributed by atoms with E-state index < -0.39 is 15.8 Å². The van der Waals surface area contributed by atoms with Crippen LogP contribution in [0.5, 0.6) is 0 Å². The molecule has 3 aromatic rings. The van der Waals surface area contributed by atoms with Crippen molar-refractivity contribution in [3.63, 3.8) is 0 Å². The van der Waals surface area contributed by atoms with Crippen LogP contribution in [0.15, 0.2) is 41.3 Å². The first-order chi connectivity index (χ1) is 13.2. The highest BCUT2D eigenvalue weighted by atomic mass is 35.5. The van der Waals surface area contributed by atoms with Gasteiger partial charge in [0.1, 0.15) is 5.82 Å². The maximum atomic E-state index is 14.4. The lowest BCUT2D eigenvalue weighted by atomic mass is 10.2. The van der Waals surface area contributed by atoms with Gasteiger partial charge in [0.15, 0.2) is 0 Å². The van der Waals surface area contributed by atoms with Crippen LogP contribution in [0, 0.1) is 5.82 Å². The summed E-state index contributed by atoms with van der Waals surface area (Å²) in [4.78, 5) is 15.8. The lowest BCUT2D eigenvalue weighted by Crippen LogP contribution is -2.17. The van der Waals surface area contributed by atoms with Gasteiger partial charge in [0.05, 0.1) is 39.4 Å². The van der Waals surface area contributed by atoms with Crippen LogP contribution in [0.2, 0.25) is 5.02 Å². The molecule has 148 valence electrons. The summed E-state index contributed by atoms with van der Waals surface area (Å²) >= 11 is 6.25. The maximum absolute atomic E-state index is 14.4. The zero-order valence-electron chi connectivity index (χ0n) is 15.2. The van der Waals surface area contributed by atoms with Crippen molar-refractivity contribution in [3.05, 3.63) is 57.7 Å². The molecule has 0 saturated carbocycles. The fraction of sp³-hybridized carbons (Fsp3) is 0.222. The molecular formula is C18H18ClFN4O3S. The minimum atomic E-state index is -3.58. The predicted octanol–water partition coefficient (Wildman–Crippen LogP) is 3.62. The van der Waals surface area contributed by atoms with E-state index >= 15 is 0 Å². The Morgan fingerprint density at radius 2 is 2.00 bits per heavy atom. The van der Waals surface area contributed by atoms with E-state index in [0.29, 0.717) is 23.1 Å². The molecule has 0 fully saturated rings. The van der Waals surface area contributed by atoms with Crippen molar-refractivity contribution in [3.8, 4) is 0 Å². The first-order valence-corrected chi connectivity index (χ1v) is 10.5. The van der Waals surface area contributed by atoms with Crippen molar-refractivity contribution < 1.29 is 12.8 Å². The van der Waals surface area contributed by atoms with E-state index in [2.05, 4.69) is 15.0 Å². The molecule has 0 saturated heterocycles. The van der Waals surface area contributed by atoms with Crippen LogP contribution in [0.1, 0.15) is 13.3 Å². The number of halogens is 2. The van der Waals surface area contributed by atoms with Gasteiger partial charge in [0.25, 0.3) is 5.56 Å². The third-order valence-corrected chi connectivity index (χ3v) is 5.95. The van der Waals surface area contributed by atoms with Crippen molar-refractivity contribution in [2.24, 2.45) is 7.05 Å². The molecule has 0 radical (unpaired) electrons. The molecule has 2 aromatic carbocycles. The molecule has 1 heterocycles. The fourth-order valence-corrected chi connectivity index (χ4v) is 4.14. The second-order valence-corrected chi connectivity index (χ2v) is 8.41. The SMILES string of the molecule is CCCS(=O)(=O)Nc1ccc(F)c(Nc2ccc3ncc(=O)n(C)c3c2)c1Cl. The molecule has 10 heteroatoms. The molecule has 7 nitrogen and oxygen atoms in total. The van der Waals surface area contributed by atoms with E-state index in [9.17, 15) is 17.6 Å². The second kappa shape index (κ2) is 7.76. The molecule has 0 aliphatic rings. The molecule has 0 atom stereocenters. The van der Waals surface area contributed by atoms with Gasteiger partial charge in [-0.2, -0.15) is 0 Å². The Labute approximate surface area is 166 Å². The lowest BCUT2D eigenvalue weighted by molar-refractivity contribution is 0.599. The molecule has 28 heavy (non-hydrogen) atoms. The van der Waals surface area contributed by atoms with E-state index in [1.165, 1.54) is 16.8 Å². The largest absolute Gasteiger partial charge is 0.352 e. The standard InChI is InChI=1S/C18H18ClFN4O3S/c1-3-8-28(26,27)23-14-7-5-12(20)18(17(14)19)22-11-4-6-13-15(9-11)24(2)16(25)10-21-13/h4-7,9-10,22-23H,3,8H2,1-2H3. The zero-order valence-corrected chi connectivity index (χ0v) is 16.7. The third kappa shape index (κ3) is 4.10. The number of fused-ring (bicyclic) bond motifs is 1. The van der Waals surface area contributed by atoms with Crippen LogP contribution in [0.4, 0.5) is 21.5 Å². The number of anilines is 3. The fourth-order valence-electron chi connectivity index (χ4n) is 2.69. The molecule has 0 bridgehead atoms. The van der Waals surface area contributed by atoms with Gasteiger partial charge in [0, 0.05) is 12.7 Å². The van der Waals surface area contributed by atoms with E-state index in [4.69, 9.17) is 11.6 Å². The smallest absolute Gasteiger partial charge is 0.269 e. The van der Waals surface area contributed by atoms with Gasteiger partial charge in [0.2, 0.25) is 10.0 Å². The highest BCUT2D eigenvalue weighted by molar-refractivity contribution is 7.92. The monoisotopic (exact) mass is 424 g/mol. The third-order valence-electron chi connectivity index (χ3n) is 4.08. The van der Waals surface area contributed by atoms with Crippen LogP contribution in [0.3, 0.4) is 0 Å². The molecule has 1 aromatic heterocycles. The van der Waals surface area contributed by atoms with Crippen molar-refractivity contribution in [1.82, 2.24) is 9.55 Å². The molecule has 0 aliphatic heterocycles. The van der Waals surface area contributed by atoms with Gasteiger partial charge in [-0.15, -0.1) is 0 Å². The van der Waals surface area contributed by atoms with E-state index in [0.717, 1.165) is 6.07 Å². The number of aromatic nitrogens is 2. The highest BCUT2D eigenvalue weighted by Crippen LogP contribution is 2.35. The summed E-state index contributed by atoms with van der Waals surface area (Å²) in [5, 5.41) is 2.76. The summed E-state index contributed by atoms with van der Waals surface area (Å²) in [5.41, 5.74) is 1.33. The Balaban J connectivity index is 2.00. The number of nitrogens with one attached hydrogen (secondary N) is 2. The molecule has 0 unspecified atom stereocenters. The maximum Gasteiger partial charge on any atom is 0.269 e. The molecular weight excluding hydrogens is 407 g/mol. The topological polar surface area (TPSA) is 93.1 Å². The number of hydrogen-bond acceptors (Lipinski definition) is 5. The predicted molar refractivity (Wildman–Crippen MR) is 109 cm³/mol. The summed E-state index contributed by atoms with van der Waals surface area (Å²) < 4.78 is 42.1. The first-order valence-electron chi connectivity index (χ1n) is 8.43. The first kappa shape index (κ1) is 20.1. The Kier molecular flexibility index (Phi) is 5.57. The van der Waals surface area contributed by atoms with E-state index in [1.807, 2.05) is 0 Å². The summed E-state index contributed by atoms with van der Waals surface area (Å²) in [6, 6.07) is 7.36. The highest BCUT2D eigenvalue weighted by Gasteiger charge is 2.17. The quantitative estimate of drug-likeness (QED) is 0.630. The van der Waals surface area contributed by atoms with Crippen LogP contribution >= 0.6 is 11.6 Å². The average molecular weight is 425 g/mol. The minimum Gasteiger partial charge on any atom is -0.352 e.